The molecular formula is C13H14ClN3. The molecule has 2 aromatic rings. The van der Waals surface area contributed by atoms with Gasteiger partial charge in [0.05, 0.1) is 10.7 Å². The van der Waals surface area contributed by atoms with E-state index in [-0.39, 0.29) is 0 Å². The number of halogens is 1. The van der Waals surface area contributed by atoms with Gasteiger partial charge in [-0.05, 0) is 36.2 Å². The lowest BCUT2D eigenvalue weighted by atomic mass is 10.1. The number of nitrogen functional groups attached to an aromatic ring is 1. The maximum absolute atomic E-state index is 5.99. The number of rotatable bonds is 3. The molecule has 0 spiro atoms. The lowest BCUT2D eigenvalue weighted by molar-refractivity contribution is 1.11. The first-order valence-corrected chi connectivity index (χ1v) is 5.73. The summed E-state index contributed by atoms with van der Waals surface area (Å²) in [7, 11) is 0. The van der Waals surface area contributed by atoms with Crippen molar-refractivity contribution < 1.29 is 0 Å². The van der Waals surface area contributed by atoms with Gasteiger partial charge in [-0.15, -0.1) is 0 Å². The minimum Gasteiger partial charge on any atom is -0.398 e. The van der Waals surface area contributed by atoms with E-state index in [0.29, 0.717) is 10.7 Å². The lowest BCUT2D eigenvalue weighted by Gasteiger charge is -2.11. The zero-order chi connectivity index (χ0) is 12.3. The third-order valence-electron chi connectivity index (χ3n) is 2.55. The second kappa shape index (κ2) is 5.06. The molecule has 0 radical (unpaired) electrons. The van der Waals surface area contributed by atoms with Crippen molar-refractivity contribution in [2.24, 2.45) is 0 Å². The first-order chi connectivity index (χ1) is 8.16. The zero-order valence-corrected chi connectivity index (χ0v) is 10.3. The number of aryl methyl sites for hydroxylation is 1. The van der Waals surface area contributed by atoms with Crippen LogP contribution < -0.4 is 11.1 Å². The molecule has 0 amide bonds. The largest absolute Gasteiger partial charge is 0.398 e. The molecule has 0 unspecified atom stereocenters. The number of hydrogen-bond acceptors (Lipinski definition) is 3. The molecule has 0 saturated carbocycles. The highest BCUT2D eigenvalue weighted by molar-refractivity contribution is 6.33. The SMILES string of the molecule is Cc1cc(N)c(Cl)cc1NCc1cccnc1. The molecule has 0 saturated heterocycles. The number of hydrogen-bond donors (Lipinski definition) is 2. The first-order valence-electron chi connectivity index (χ1n) is 5.35. The summed E-state index contributed by atoms with van der Waals surface area (Å²) in [6.07, 6.45) is 3.59. The molecule has 0 aliphatic heterocycles. The van der Waals surface area contributed by atoms with Crippen molar-refractivity contribution in [3.63, 3.8) is 0 Å². The third kappa shape index (κ3) is 2.88. The van der Waals surface area contributed by atoms with E-state index in [1.807, 2.05) is 37.4 Å². The van der Waals surface area contributed by atoms with Crippen LogP contribution in [0, 0.1) is 6.92 Å². The Morgan fingerprint density at radius 3 is 2.94 bits per heavy atom. The molecule has 0 atom stereocenters. The Morgan fingerprint density at radius 1 is 1.41 bits per heavy atom. The summed E-state index contributed by atoms with van der Waals surface area (Å²) in [6.45, 7) is 2.72. The Morgan fingerprint density at radius 2 is 2.24 bits per heavy atom. The molecule has 88 valence electrons. The lowest BCUT2D eigenvalue weighted by Crippen LogP contribution is -2.02. The molecular weight excluding hydrogens is 234 g/mol. The van der Waals surface area contributed by atoms with Crippen LogP contribution >= 0.6 is 11.6 Å². The van der Waals surface area contributed by atoms with Crippen LogP contribution in [0.4, 0.5) is 11.4 Å². The molecule has 2 rings (SSSR count). The highest BCUT2D eigenvalue weighted by atomic mass is 35.5. The zero-order valence-electron chi connectivity index (χ0n) is 9.57. The van der Waals surface area contributed by atoms with Crippen LogP contribution in [0.2, 0.25) is 5.02 Å². The summed E-state index contributed by atoms with van der Waals surface area (Å²) in [5.41, 5.74) is 9.53. The van der Waals surface area contributed by atoms with Crippen molar-refractivity contribution in [1.82, 2.24) is 4.98 Å². The van der Waals surface area contributed by atoms with Gasteiger partial charge in [0.2, 0.25) is 0 Å². The normalized spacial score (nSPS) is 10.2. The van der Waals surface area contributed by atoms with Gasteiger partial charge < -0.3 is 11.1 Å². The van der Waals surface area contributed by atoms with Crippen molar-refractivity contribution in [3.8, 4) is 0 Å². The van der Waals surface area contributed by atoms with Crippen LogP contribution in [-0.2, 0) is 6.54 Å². The van der Waals surface area contributed by atoms with Crippen molar-refractivity contribution in [2.45, 2.75) is 13.5 Å². The smallest absolute Gasteiger partial charge is 0.0656 e. The average Bonchev–Trinajstić information content (AvgIpc) is 2.33. The Labute approximate surface area is 106 Å². The van der Waals surface area contributed by atoms with Crippen molar-refractivity contribution in [3.05, 3.63) is 52.8 Å². The minimum absolute atomic E-state index is 0.573. The monoisotopic (exact) mass is 247 g/mol. The maximum Gasteiger partial charge on any atom is 0.0656 e. The minimum atomic E-state index is 0.573. The van der Waals surface area contributed by atoms with Gasteiger partial charge >= 0.3 is 0 Å². The molecule has 3 N–H and O–H groups in total. The fourth-order valence-electron chi connectivity index (χ4n) is 1.59. The van der Waals surface area contributed by atoms with E-state index < -0.39 is 0 Å². The second-order valence-corrected chi connectivity index (χ2v) is 4.31. The number of anilines is 2. The van der Waals surface area contributed by atoms with E-state index in [9.17, 15) is 0 Å². The predicted molar refractivity (Wildman–Crippen MR) is 72.2 cm³/mol. The van der Waals surface area contributed by atoms with E-state index in [4.69, 9.17) is 17.3 Å². The maximum atomic E-state index is 5.99. The fourth-order valence-corrected chi connectivity index (χ4v) is 1.76. The summed E-state index contributed by atoms with van der Waals surface area (Å²) in [4.78, 5) is 4.06. The standard InChI is InChI=1S/C13H14ClN3/c1-9-5-12(15)11(14)6-13(9)17-8-10-3-2-4-16-7-10/h2-7,17H,8,15H2,1H3. The van der Waals surface area contributed by atoms with Gasteiger partial charge in [0, 0.05) is 24.6 Å². The van der Waals surface area contributed by atoms with Gasteiger partial charge in [0.25, 0.3) is 0 Å². The first kappa shape index (κ1) is 11.7. The third-order valence-corrected chi connectivity index (χ3v) is 2.88. The van der Waals surface area contributed by atoms with Crippen LogP contribution in [0.5, 0.6) is 0 Å². The van der Waals surface area contributed by atoms with Gasteiger partial charge in [-0.25, -0.2) is 0 Å². The van der Waals surface area contributed by atoms with Crippen molar-refractivity contribution >= 4 is 23.0 Å². The van der Waals surface area contributed by atoms with E-state index in [0.717, 1.165) is 23.4 Å². The van der Waals surface area contributed by atoms with Crippen LogP contribution in [0.25, 0.3) is 0 Å². The number of nitrogens with zero attached hydrogens (tertiary/aromatic N) is 1. The molecule has 1 aromatic carbocycles. The van der Waals surface area contributed by atoms with Crippen LogP contribution in [-0.4, -0.2) is 4.98 Å². The molecule has 1 heterocycles. The second-order valence-electron chi connectivity index (χ2n) is 3.90. The van der Waals surface area contributed by atoms with Gasteiger partial charge in [-0.3, -0.25) is 4.98 Å². The quantitative estimate of drug-likeness (QED) is 0.819. The summed E-state index contributed by atoms with van der Waals surface area (Å²) < 4.78 is 0. The molecule has 1 aromatic heterocycles. The van der Waals surface area contributed by atoms with Gasteiger partial charge in [-0.2, -0.15) is 0 Å². The highest BCUT2D eigenvalue weighted by Gasteiger charge is 2.03. The van der Waals surface area contributed by atoms with E-state index in [1.54, 1.807) is 6.20 Å². The molecule has 0 aliphatic carbocycles. The van der Waals surface area contributed by atoms with Crippen LogP contribution in [0.15, 0.2) is 36.7 Å². The number of nitrogens with one attached hydrogen (secondary N) is 1. The van der Waals surface area contributed by atoms with E-state index in [2.05, 4.69) is 10.3 Å². The topological polar surface area (TPSA) is 50.9 Å². The Bertz CT molecular complexity index is 512. The van der Waals surface area contributed by atoms with Gasteiger partial charge in [0.1, 0.15) is 0 Å². The van der Waals surface area contributed by atoms with Gasteiger partial charge in [0.15, 0.2) is 0 Å². The Balaban J connectivity index is 2.12. The van der Waals surface area contributed by atoms with E-state index in [1.165, 1.54) is 0 Å². The molecule has 3 nitrogen and oxygen atoms in total. The Kier molecular flexibility index (Phi) is 3.49. The highest BCUT2D eigenvalue weighted by Crippen LogP contribution is 2.26. The average molecular weight is 248 g/mol. The number of nitrogens with two attached hydrogens (primary N) is 1. The summed E-state index contributed by atoms with van der Waals surface area (Å²) in [6, 6.07) is 7.66. The van der Waals surface area contributed by atoms with Crippen molar-refractivity contribution in [2.75, 3.05) is 11.1 Å². The van der Waals surface area contributed by atoms with E-state index >= 15 is 0 Å². The Hall–Kier alpha value is -1.74. The van der Waals surface area contributed by atoms with Crippen molar-refractivity contribution in [1.29, 1.82) is 0 Å². The molecule has 0 fully saturated rings. The fraction of sp³-hybridized carbons (Fsp3) is 0.154. The van der Waals surface area contributed by atoms with Crippen LogP contribution in [0.1, 0.15) is 11.1 Å². The molecule has 17 heavy (non-hydrogen) atoms. The predicted octanol–water partition coefficient (Wildman–Crippen LogP) is 3.24. The summed E-state index contributed by atoms with van der Waals surface area (Å²) in [5, 5.41) is 3.89. The number of benzene rings is 1. The summed E-state index contributed by atoms with van der Waals surface area (Å²) >= 11 is 5.99. The van der Waals surface area contributed by atoms with Crippen LogP contribution in [0.3, 0.4) is 0 Å². The summed E-state index contributed by atoms with van der Waals surface area (Å²) in [5.74, 6) is 0. The molecule has 0 aliphatic rings. The molecule has 0 bridgehead atoms. The number of pyridine rings is 1. The number of aromatic nitrogens is 1. The molecule has 4 heteroatoms. The van der Waals surface area contributed by atoms with Gasteiger partial charge in [-0.1, -0.05) is 17.7 Å².